The number of benzene rings is 2. The summed E-state index contributed by atoms with van der Waals surface area (Å²) in [4.78, 5) is 15.6. The molecule has 2 fully saturated rings. The zero-order chi connectivity index (χ0) is 20.1. The van der Waals surface area contributed by atoms with Gasteiger partial charge in [-0.05, 0) is 48.2 Å². The molecule has 6 heteroatoms. The molecular weight excluding hydrogens is 388 g/mol. The normalized spacial score (nSPS) is 19.0. The average molecular weight is 415 g/mol. The first-order valence-electron chi connectivity index (χ1n) is 10.2. The van der Waals surface area contributed by atoms with Gasteiger partial charge in [0.2, 0.25) is 5.91 Å². The Balaban J connectivity index is 1.44. The van der Waals surface area contributed by atoms with Gasteiger partial charge >= 0.3 is 0 Å². The van der Waals surface area contributed by atoms with E-state index in [1.165, 1.54) is 5.69 Å². The summed E-state index contributed by atoms with van der Waals surface area (Å²) in [5, 5.41) is 3.81. The van der Waals surface area contributed by atoms with Gasteiger partial charge in [0, 0.05) is 43.6 Å². The van der Waals surface area contributed by atoms with Crippen molar-refractivity contribution in [2.24, 2.45) is 0 Å². The summed E-state index contributed by atoms with van der Waals surface area (Å²) in [6, 6.07) is 16.1. The van der Waals surface area contributed by atoms with Crippen LogP contribution in [0, 0.1) is 0 Å². The highest BCUT2D eigenvalue weighted by Gasteiger charge is 2.41. The predicted octanol–water partition coefficient (Wildman–Crippen LogP) is 3.54. The van der Waals surface area contributed by atoms with E-state index in [0.717, 1.165) is 37.4 Å². The highest BCUT2D eigenvalue weighted by molar-refractivity contribution is 6.30. The minimum atomic E-state index is -0.586. The van der Waals surface area contributed by atoms with E-state index in [4.69, 9.17) is 21.1 Å². The van der Waals surface area contributed by atoms with Gasteiger partial charge < -0.3 is 19.7 Å². The molecule has 2 aromatic rings. The molecule has 5 nitrogen and oxygen atoms in total. The van der Waals surface area contributed by atoms with Gasteiger partial charge in [-0.25, -0.2) is 0 Å². The molecule has 1 N–H and O–H groups in total. The molecule has 154 valence electrons. The van der Waals surface area contributed by atoms with Crippen molar-refractivity contribution < 1.29 is 14.3 Å². The molecule has 2 aliphatic heterocycles. The monoisotopic (exact) mass is 414 g/mol. The lowest BCUT2D eigenvalue weighted by Crippen LogP contribution is -2.47. The van der Waals surface area contributed by atoms with Crippen molar-refractivity contribution in [3.8, 4) is 0 Å². The van der Waals surface area contributed by atoms with Crippen molar-refractivity contribution >= 4 is 23.2 Å². The summed E-state index contributed by atoms with van der Waals surface area (Å²) in [6.07, 6.45) is 1.32. The quantitative estimate of drug-likeness (QED) is 0.813. The number of amides is 1. The number of rotatable bonds is 5. The summed E-state index contributed by atoms with van der Waals surface area (Å²) in [5.74, 6) is 0.0420. The van der Waals surface area contributed by atoms with Gasteiger partial charge in [-0.1, -0.05) is 35.9 Å². The van der Waals surface area contributed by atoms with Crippen molar-refractivity contribution in [3.05, 3.63) is 64.7 Å². The summed E-state index contributed by atoms with van der Waals surface area (Å²) in [6.45, 7) is 5.04. The fourth-order valence-corrected chi connectivity index (χ4v) is 4.34. The van der Waals surface area contributed by atoms with Crippen LogP contribution < -0.4 is 10.2 Å². The Labute approximate surface area is 176 Å². The Morgan fingerprint density at radius 3 is 2.38 bits per heavy atom. The third-order valence-electron chi connectivity index (χ3n) is 5.92. The Hall–Kier alpha value is -2.08. The van der Waals surface area contributed by atoms with Crippen LogP contribution in [0.2, 0.25) is 5.02 Å². The number of morpholine rings is 1. The van der Waals surface area contributed by atoms with Gasteiger partial charge in [0.05, 0.1) is 18.6 Å². The third-order valence-corrected chi connectivity index (χ3v) is 6.16. The molecule has 0 aromatic heterocycles. The number of nitrogens with zero attached hydrogens (tertiary/aromatic N) is 1. The van der Waals surface area contributed by atoms with Gasteiger partial charge in [0.25, 0.3) is 0 Å². The van der Waals surface area contributed by atoms with E-state index in [-0.39, 0.29) is 5.91 Å². The molecule has 2 saturated heterocycles. The van der Waals surface area contributed by atoms with Crippen LogP contribution in [-0.2, 0) is 26.2 Å². The maximum atomic E-state index is 13.3. The molecule has 0 radical (unpaired) electrons. The van der Waals surface area contributed by atoms with Crippen molar-refractivity contribution in [2.75, 3.05) is 44.4 Å². The first-order chi connectivity index (χ1) is 14.2. The molecule has 0 atom stereocenters. The lowest BCUT2D eigenvalue weighted by Gasteiger charge is -2.36. The molecule has 2 aromatic carbocycles. The van der Waals surface area contributed by atoms with Crippen LogP contribution >= 0.6 is 11.6 Å². The fourth-order valence-electron chi connectivity index (χ4n) is 4.15. The first-order valence-corrected chi connectivity index (χ1v) is 10.6. The van der Waals surface area contributed by atoms with Crippen LogP contribution in [0.3, 0.4) is 0 Å². The molecule has 0 bridgehead atoms. The van der Waals surface area contributed by atoms with E-state index >= 15 is 0 Å². The van der Waals surface area contributed by atoms with Crippen LogP contribution in [0.15, 0.2) is 48.5 Å². The molecule has 2 heterocycles. The van der Waals surface area contributed by atoms with Crippen LogP contribution in [0.25, 0.3) is 0 Å². The van der Waals surface area contributed by atoms with E-state index in [1.807, 2.05) is 24.3 Å². The molecule has 0 aliphatic carbocycles. The van der Waals surface area contributed by atoms with E-state index in [1.54, 1.807) is 0 Å². The van der Waals surface area contributed by atoms with Crippen molar-refractivity contribution in [1.82, 2.24) is 5.32 Å². The van der Waals surface area contributed by atoms with E-state index in [2.05, 4.69) is 34.5 Å². The van der Waals surface area contributed by atoms with Crippen molar-refractivity contribution in [1.29, 1.82) is 0 Å². The van der Waals surface area contributed by atoms with Crippen LogP contribution in [0.4, 0.5) is 5.69 Å². The number of ether oxygens (including phenoxy) is 2. The van der Waals surface area contributed by atoms with Gasteiger partial charge in [-0.3, -0.25) is 4.79 Å². The number of hydrogen-bond acceptors (Lipinski definition) is 4. The Bertz CT molecular complexity index is 828. The zero-order valence-corrected chi connectivity index (χ0v) is 17.3. The lowest BCUT2D eigenvalue weighted by molar-refractivity contribution is -0.130. The number of halogens is 1. The minimum absolute atomic E-state index is 0.0420. The zero-order valence-electron chi connectivity index (χ0n) is 16.5. The summed E-state index contributed by atoms with van der Waals surface area (Å²) >= 11 is 6.21. The highest BCUT2D eigenvalue weighted by atomic mass is 35.5. The molecule has 0 spiro atoms. The number of carbonyl (C=O) groups excluding carboxylic acids is 1. The number of anilines is 1. The van der Waals surface area contributed by atoms with Crippen LogP contribution in [0.5, 0.6) is 0 Å². The second-order valence-electron chi connectivity index (χ2n) is 7.65. The topological polar surface area (TPSA) is 50.8 Å². The third kappa shape index (κ3) is 4.58. The molecule has 0 saturated carbocycles. The number of carbonyl (C=O) groups is 1. The maximum Gasteiger partial charge on any atom is 0.231 e. The Morgan fingerprint density at radius 2 is 1.69 bits per heavy atom. The van der Waals surface area contributed by atoms with E-state index in [0.29, 0.717) is 37.6 Å². The molecule has 2 aliphatic rings. The molecule has 4 rings (SSSR count). The van der Waals surface area contributed by atoms with Crippen LogP contribution in [0.1, 0.15) is 24.0 Å². The van der Waals surface area contributed by atoms with E-state index in [9.17, 15) is 4.79 Å². The second-order valence-corrected chi connectivity index (χ2v) is 8.09. The number of hydrogen-bond donors (Lipinski definition) is 1. The SMILES string of the molecule is O=C(NCc1ccc(N2CCOCC2)cc1)C1(c2cccc(Cl)c2)CCOCC1. The summed E-state index contributed by atoms with van der Waals surface area (Å²) in [5.41, 5.74) is 2.66. The second kappa shape index (κ2) is 9.16. The fraction of sp³-hybridized carbons (Fsp3) is 0.435. The van der Waals surface area contributed by atoms with Gasteiger partial charge in [0.15, 0.2) is 0 Å². The smallest absolute Gasteiger partial charge is 0.231 e. The minimum Gasteiger partial charge on any atom is -0.381 e. The lowest BCUT2D eigenvalue weighted by atomic mass is 9.73. The van der Waals surface area contributed by atoms with Gasteiger partial charge in [-0.15, -0.1) is 0 Å². The number of nitrogens with one attached hydrogen (secondary N) is 1. The van der Waals surface area contributed by atoms with Gasteiger partial charge in [0.1, 0.15) is 0 Å². The largest absolute Gasteiger partial charge is 0.381 e. The van der Waals surface area contributed by atoms with Crippen molar-refractivity contribution in [3.63, 3.8) is 0 Å². The first kappa shape index (κ1) is 20.2. The molecule has 29 heavy (non-hydrogen) atoms. The van der Waals surface area contributed by atoms with E-state index < -0.39 is 5.41 Å². The average Bonchev–Trinajstić information content (AvgIpc) is 2.79. The molecule has 0 unspecified atom stereocenters. The Kier molecular flexibility index (Phi) is 6.38. The molecular formula is C23H27ClN2O3. The summed E-state index contributed by atoms with van der Waals surface area (Å²) in [7, 11) is 0. The van der Waals surface area contributed by atoms with Crippen LogP contribution in [-0.4, -0.2) is 45.4 Å². The maximum absolute atomic E-state index is 13.3. The predicted molar refractivity (Wildman–Crippen MR) is 115 cm³/mol. The summed E-state index contributed by atoms with van der Waals surface area (Å²) < 4.78 is 10.9. The highest BCUT2D eigenvalue weighted by Crippen LogP contribution is 2.36. The molecule has 1 amide bonds. The van der Waals surface area contributed by atoms with Gasteiger partial charge in [-0.2, -0.15) is 0 Å². The standard InChI is InChI=1S/C23H27ClN2O3/c24-20-3-1-2-19(16-20)23(8-12-28-13-9-23)22(27)25-17-18-4-6-21(7-5-18)26-10-14-29-15-11-26/h1-7,16H,8-15,17H2,(H,25,27). The van der Waals surface area contributed by atoms with Crippen molar-refractivity contribution in [2.45, 2.75) is 24.8 Å². The Morgan fingerprint density at radius 1 is 1.00 bits per heavy atom.